The minimum absolute atomic E-state index is 0.00772. The number of rotatable bonds is 6. The molecule has 1 aromatic heterocycles. The number of hydrogen-bond acceptors (Lipinski definition) is 4. The number of urea groups is 1. The van der Waals surface area contributed by atoms with Gasteiger partial charge in [-0.1, -0.05) is 0 Å². The van der Waals surface area contributed by atoms with E-state index in [0.29, 0.717) is 11.4 Å². The average molecular weight is 294 g/mol. The van der Waals surface area contributed by atoms with E-state index in [2.05, 4.69) is 20.9 Å². The van der Waals surface area contributed by atoms with Crippen molar-refractivity contribution < 1.29 is 19.5 Å². The molecule has 1 heterocycles. The lowest BCUT2D eigenvalue weighted by atomic mass is 10.2. The Kier molecular flexibility index (Phi) is 6.12. The van der Waals surface area contributed by atoms with Crippen molar-refractivity contribution in [3.8, 4) is 0 Å². The first-order valence-electron chi connectivity index (χ1n) is 6.37. The first kappa shape index (κ1) is 16.4. The number of carboxylic acid groups (broad SMARTS) is 1. The number of aliphatic carboxylic acids is 1. The lowest BCUT2D eigenvalue weighted by molar-refractivity contribution is -0.136. The van der Waals surface area contributed by atoms with Crippen LogP contribution < -0.4 is 16.0 Å². The fraction of sp³-hybridized carbons (Fsp3) is 0.385. The van der Waals surface area contributed by atoms with Crippen molar-refractivity contribution in [3.05, 3.63) is 24.0 Å². The maximum atomic E-state index is 11.5. The normalized spacial score (nSPS) is 10.0. The molecule has 0 aliphatic carbocycles. The highest BCUT2D eigenvalue weighted by molar-refractivity contribution is 5.92. The van der Waals surface area contributed by atoms with Gasteiger partial charge in [0.25, 0.3) is 0 Å². The summed E-state index contributed by atoms with van der Waals surface area (Å²) in [6.07, 6.45) is 1.17. The third-order valence-electron chi connectivity index (χ3n) is 2.27. The monoisotopic (exact) mass is 294 g/mol. The molecule has 4 N–H and O–H groups in total. The molecule has 0 spiro atoms. The van der Waals surface area contributed by atoms with E-state index in [1.807, 2.05) is 13.8 Å². The van der Waals surface area contributed by atoms with Gasteiger partial charge >= 0.3 is 12.0 Å². The van der Waals surface area contributed by atoms with E-state index in [-0.39, 0.29) is 24.9 Å². The van der Waals surface area contributed by atoms with Crippen molar-refractivity contribution in [2.75, 3.05) is 11.9 Å². The first-order chi connectivity index (χ1) is 9.86. The van der Waals surface area contributed by atoms with Crippen LogP contribution in [-0.2, 0) is 16.0 Å². The van der Waals surface area contributed by atoms with Crippen LogP contribution in [0.1, 0.15) is 19.5 Å². The van der Waals surface area contributed by atoms with Crippen LogP contribution >= 0.6 is 0 Å². The molecule has 0 saturated carbocycles. The predicted octanol–water partition coefficient (Wildman–Crippen LogP) is 0.355. The number of hydrogen-bond donors (Lipinski definition) is 4. The van der Waals surface area contributed by atoms with Crippen LogP contribution in [-0.4, -0.2) is 40.6 Å². The van der Waals surface area contributed by atoms with Crippen LogP contribution in [0.2, 0.25) is 0 Å². The topological polar surface area (TPSA) is 120 Å². The third kappa shape index (κ3) is 6.90. The Bertz CT molecular complexity index is 513. The van der Waals surface area contributed by atoms with Crippen LogP contribution in [0.15, 0.2) is 18.3 Å². The zero-order chi connectivity index (χ0) is 15.8. The van der Waals surface area contributed by atoms with Crippen molar-refractivity contribution >= 4 is 23.6 Å². The zero-order valence-corrected chi connectivity index (χ0v) is 11.8. The molecule has 0 radical (unpaired) electrons. The van der Waals surface area contributed by atoms with Gasteiger partial charge in [-0.2, -0.15) is 0 Å². The molecule has 8 nitrogen and oxygen atoms in total. The van der Waals surface area contributed by atoms with Crippen molar-refractivity contribution in [2.45, 2.75) is 26.3 Å². The van der Waals surface area contributed by atoms with Gasteiger partial charge in [0.05, 0.1) is 30.5 Å². The summed E-state index contributed by atoms with van der Waals surface area (Å²) < 4.78 is 0. The fourth-order valence-electron chi connectivity index (χ4n) is 1.47. The zero-order valence-electron chi connectivity index (χ0n) is 11.8. The fourth-order valence-corrected chi connectivity index (χ4v) is 1.47. The number of nitrogens with zero attached hydrogens (tertiary/aromatic N) is 1. The van der Waals surface area contributed by atoms with E-state index in [1.165, 1.54) is 12.3 Å². The lowest BCUT2D eigenvalue weighted by Gasteiger charge is -2.10. The minimum atomic E-state index is -0.975. The van der Waals surface area contributed by atoms with Gasteiger partial charge in [0.15, 0.2) is 0 Å². The summed E-state index contributed by atoms with van der Waals surface area (Å²) >= 11 is 0. The van der Waals surface area contributed by atoms with Gasteiger partial charge < -0.3 is 21.1 Å². The summed E-state index contributed by atoms with van der Waals surface area (Å²) in [5.74, 6) is -1.26. The molecule has 1 aromatic rings. The van der Waals surface area contributed by atoms with Crippen LogP contribution in [0.25, 0.3) is 0 Å². The molecule has 0 aromatic carbocycles. The summed E-state index contributed by atoms with van der Waals surface area (Å²) in [5.41, 5.74) is 0.802. The summed E-state index contributed by atoms with van der Waals surface area (Å²) in [4.78, 5) is 37.3. The molecule has 0 aliphatic heterocycles. The number of amides is 3. The highest BCUT2D eigenvalue weighted by atomic mass is 16.4. The summed E-state index contributed by atoms with van der Waals surface area (Å²) in [6.45, 7) is 3.51. The number of pyridine rings is 1. The van der Waals surface area contributed by atoms with E-state index in [9.17, 15) is 14.4 Å². The van der Waals surface area contributed by atoms with Gasteiger partial charge in [-0.3, -0.25) is 14.6 Å². The Labute approximate surface area is 121 Å². The van der Waals surface area contributed by atoms with Crippen molar-refractivity contribution in [3.63, 3.8) is 0 Å². The van der Waals surface area contributed by atoms with Gasteiger partial charge in [0.2, 0.25) is 5.91 Å². The molecule has 0 fully saturated rings. The number of aromatic nitrogens is 1. The van der Waals surface area contributed by atoms with Gasteiger partial charge in [-0.05, 0) is 26.0 Å². The Hall–Kier alpha value is -2.64. The second-order valence-corrected chi connectivity index (χ2v) is 4.64. The molecule has 0 bridgehead atoms. The Morgan fingerprint density at radius 3 is 2.52 bits per heavy atom. The molecule has 0 saturated heterocycles. The third-order valence-corrected chi connectivity index (χ3v) is 2.27. The number of nitrogens with one attached hydrogen (secondary N) is 3. The van der Waals surface area contributed by atoms with E-state index >= 15 is 0 Å². The van der Waals surface area contributed by atoms with E-state index < -0.39 is 12.0 Å². The molecule has 0 aliphatic rings. The van der Waals surface area contributed by atoms with Crippen LogP contribution in [0.5, 0.6) is 0 Å². The van der Waals surface area contributed by atoms with Crippen molar-refractivity contribution in [1.29, 1.82) is 0 Å². The van der Waals surface area contributed by atoms with Crippen molar-refractivity contribution in [2.24, 2.45) is 0 Å². The SMILES string of the molecule is CC(C)NC(=O)CNC(=O)Nc1ccc(CC(=O)O)nc1. The van der Waals surface area contributed by atoms with Crippen LogP contribution in [0.4, 0.5) is 10.5 Å². The number of carbonyl (C=O) groups excluding carboxylic acids is 2. The van der Waals surface area contributed by atoms with E-state index in [0.717, 1.165) is 0 Å². The summed E-state index contributed by atoms with van der Waals surface area (Å²) in [6, 6.07) is 2.52. The molecule has 3 amide bonds. The Balaban J connectivity index is 2.40. The molecular formula is C13H18N4O4. The second-order valence-electron chi connectivity index (χ2n) is 4.64. The second kappa shape index (κ2) is 7.83. The van der Waals surface area contributed by atoms with Gasteiger partial charge in [-0.25, -0.2) is 4.79 Å². The molecule has 0 atom stereocenters. The maximum Gasteiger partial charge on any atom is 0.319 e. The number of carboxylic acids is 1. The number of carbonyl (C=O) groups is 3. The molecule has 8 heteroatoms. The maximum absolute atomic E-state index is 11.5. The average Bonchev–Trinajstić information content (AvgIpc) is 2.37. The largest absolute Gasteiger partial charge is 0.481 e. The molecule has 1 rings (SSSR count). The molecule has 114 valence electrons. The highest BCUT2D eigenvalue weighted by Crippen LogP contribution is 2.06. The Morgan fingerprint density at radius 2 is 2.00 bits per heavy atom. The van der Waals surface area contributed by atoms with Gasteiger partial charge in [0.1, 0.15) is 0 Å². The van der Waals surface area contributed by atoms with Crippen molar-refractivity contribution in [1.82, 2.24) is 15.6 Å². The standard InChI is InChI=1S/C13H18N4O4/c1-8(2)16-11(18)7-15-13(21)17-10-4-3-9(14-6-10)5-12(19)20/h3-4,6,8H,5,7H2,1-2H3,(H,16,18)(H,19,20)(H2,15,17,21). The summed E-state index contributed by atoms with van der Waals surface area (Å²) in [7, 11) is 0. The van der Waals surface area contributed by atoms with E-state index in [1.54, 1.807) is 6.07 Å². The first-order valence-corrected chi connectivity index (χ1v) is 6.37. The smallest absolute Gasteiger partial charge is 0.319 e. The van der Waals surface area contributed by atoms with E-state index in [4.69, 9.17) is 5.11 Å². The summed E-state index contributed by atoms with van der Waals surface area (Å²) in [5, 5.41) is 16.1. The van der Waals surface area contributed by atoms with Crippen LogP contribution in [0, 0.1) is 0 Å². The lowest BCUT2D eigenvalue weighted by Crippen LogP contribution is -2.41. The molecule has 21 heavy (non-hydrogen) atoms. The van der Waals surface area contributed by atoms with Gasteiger partial charge in [-0.15, -0.1) is 0 Å². The highest BCUT2D eigenvalue weighted by Gasteiger charge is 2.07. The predicted molar refractivity (Wildman–Crippen MR) is 75.9 cm³/mol. The minimum Gasteiger partial charge on any atom is -0.481 e. The van der Waals surface area contributed by atoms with Crippen LogP contribution in [0.3, 0.4) is 0 Å². The quantitative estimate of drug-likeness (QED) is 0.603. The number of anilines is 1. The molecule has 0 unspecified atom stereocenters. The molecular weight excluding hydrogens is 276 g/mol. The Morgan fingerprint density at radius 1 is 1.29 bits per heavy atom. The van der Waals surface area contributed by atoms with Gasteiger partial charge in [0, 0.05) is 6.04 Å².